The van der Waals surface area contributed by atoms with Gasteiger partial charge >= 0.3 is 0 Å². The molecule has 0 aromatic carbocycles. The van der Waals surface area contributed by atoms with Gasteiger partial charge in [0.05, 0.1) is 0 Å². The maximum Gasteiger partial charge on any atom is 0.193 e. The summed E-state index contributed by atoms with van der Waals surface area (Å²) >= 11 is 0. The van der Waals surface area contributed by atoms with Gasteiger partial charge in [-0.15, -0.1) is 0 Å². The van der Waals surface area contributed by atoms with Crippen LogP contribution in [0.2, 0.25) is 0 Å². The summed E-state index contributed by atoms with van der Waals surface area (Å²) in [6, 6.07) is 0. The zero-order valence-electron chi connectivity index (χ0n) is 12.8. The number of rotatable bonds is 10. The molecule has 0 radical (unpaired) electrons. The van der Waals surface area contributed by atoms with Crippen molar-refractivity contribution in [2.45, 2.75) is 89.3 Å². The lowest BCUT2D eigenvalue weighted by molar-refractivity contribution is -0.181. The van der Waals surface area contributed by atoms with E-state index in [-0.39, 0.29) is 30.4 Å². The summed E-state index contributed by atoms with van der Waals surface area (Å²) < 4.78 is 16.2. The van der Waals surface area contributed by atoms with Gasteiger partial charge in [-0.3, -0.25) is 4.79 Å². The highest BCUT2D eigenvalue weighted by atomic mass is 16.7. The third-order valence-corrected chi connectivity index (χ3v) is 4.24. The van der Waals surface area contributed by atoms with Gasteiger partial charge in [-0.1, -0.05) is 58.3 Å². The van der Waals surface area contributed by atoms with E-state index in [4.69, 9.17) is 14.2 Å². The summed E-state index contributed by atoms with van der Waals surface area (Å²) in [5.41, 5.74) is 0. The second-order valence-electron chi connectivity index (χ2n) is 5.92. The molecule has 2 aliphatic heterocycles. The molecule has 2 heterocycles. The first-order valence-electron chi connectivity index (χ1n) is 8.15. The first-order valence-corrected chi connectivity index (χ1v) is 8.15. The average molecular weight is 284 g/mol. The molecule has 2 saturated heterocycles. The predicted molar refractivity (Wildman–Crippen MR) is 76.6 cm³/mol. The van der Waals surface area contributed by atoms with Crippen molar-refractivity contribution in [3.05, 3.63) is 0 Å². The molecule has 0 aromatic rings. The molecule has 116 valence electrons. The van der Waals surface area contributed by atoms with E-state index in [1.165, 1.54) is 44.9 Å². The number of ketones is 1. The fourth-order valence-corrected chi connectivity index (χ4v) is 2.91. The molecule has 0 amide bonds. The van der Waals surface area contributed by atoms with E-state index in [0.717, 1.165) is 12.8 Å². The lowest BCUT2D eigenvalue weighted by atomic mass is 10.00. The minimum Gasteiger partial charge on any atom is -0.356 e. The van der Waals surface area contributed by atoms with E-state index in [9.17, 15) is 4.79 Å². The van der Waals surface area contributed by atoms with Crippen LogP contribution in [-0.2, 0) is 19.0 Å². The quantitative estimate of drug-likeness (QED) is 0.456. The topological polar surface area (TPSA) is 48.1 Å². The number of carbonyl (C=O) groups excluding carboxylic acids is 1. The van der Waals surface area contributed by atoms with Gasteiger partial charge < -0.3 is 14.2 Å². The van der Waals surface area contributed by atoms with Crippen LogP contribution in [0.3, 0.4) is 0 Å². The Morgan fingerprint density at radius 1 is 1.00 bits per heavy atom. The van der Waals surface area contributed by atoms with Gasteiger partial charge in [-0.2, -0.15) is 0 Å². The molecule has 0 bridgehead atoms. The van der Waals surface area contributed by atoms with Crippen LogP contribution in [0.15, 0.2) is 0 Å². The lowest BCUT2D eigenvalue weighted by Crippen LogP contribution is -2.42. The minimum absolute atomic E-state index is 0.117. The second-order valence-corrected chi connectivity index (χ2v) is 5.92. The number of hydrogen-bond acceptors (Lipinski definition) is 4. The van der Waals surface area contributed by atoms with Gasteiger partial charge in [0, 0.05) is 7.11 Å². The molecular formula is C16H28O4. The highest BCUT2D eigenvalue weighted by Gasteiger charge is 2.57. The van der Waals surface area contributed by atoms with Crippen molar-refractivity contribution in [2.75, 3.05) is 7.11 Å². The highest BCUT2D eigenvalue weighted by Crippen LogP contribution is 2.36. The number of hydrogen-bond donors (Lipinski definition) is 0. The molecule has 0 aromatic heterocycles. The number of Topliss-reactive ketones (excluding diaryl/α,β-unsaturated/α-hetero) is 1. The van der Waals surface area contributed by atoms with Gasteiger partial charge in [0.1, 0.15) is 12.2 Å². The van der Waals surface area contributed by atoms with Crippen LogP contribution >= 0.6 is 0 Å². The molecule has 0 saturated carbocycles. The number of unbranched alkanes of at least 4 members (excludes halogenated alkanes) is 7. The molecule has 0 N–H and O–H groups in total. The van der Waals surface area contributed by atoms with Gasteiger partial charge in [-0.25, -0.2) is 0 Å². The fourth-order valence-electron chi connectivity index (χ4n) is 2.91. The molecule has 2 aliphatic rings. The average Bonchev–Trinajstić information content (AvgIpc) is 3.25. The first-order chi connectivity index (χ1) is 9.77. The molecule has 4 nitrogen and oxygen atoms in total. The van der Waals surface area contributed by atoms with Crippen LogP contribution in [0.4, 0.5) is 0 Å². The maximum atomic E-state index is 12.0. The normalized spacial score (nSPS) is 32.2. The van der Waals surface area contributed by atoms with Crippen molar-refractivity contribution in [1.82, 2.24) is 0 Å². The van der Waals surface area contributed by atoms with Crippen LogP contribution in [0.25, 0.3) is 0 Å². The Balaban J connectivity index is 1.54. The monoisotopic (exact) mass is 284 g/mol. The summed E-state index contributed by atoms with van der Waals surface area (Å²) in [5.74, 6) is 0.117. The Hall–Kier alpha value is -0.450. The summed E-state index contributed by atoms with van der Waals surface area (Å²) in [5, 5.41) is 0. The van der Waals surface area contributed by atoms with Crippen molar-refractivity contribution >= 4 is 5.78 Å². The minimum atomic E-state index is -0.350. The van der Waals surface area contributed by atoms with Crippen molar-refractivity contribution in [1.29, 1.82) is 0 Å². The van der Waals surface area contributed by atoms with E-state index in [0.29, 0.717) is 0 Å². The van der Waals surface area contributed by atoms with Crippen LogP contribution in [0, 0.1) is 0 Å². The van der Waals surface area contributed by atoms with Crippen molar-refractivity contribution in [2.24, 2.45) is 0 Å². The van der Waals surface area contributed by atoms with E-state index >= 15 is 0 Å². The van der Waals surface area contributed by atoms with E-state index in [1.807, 2.05) is 0 Å². The Kier molecular flexibility index (Phi) is 6.46. The molecule has 2 rings (SSSR count). The summed E-state index contributed by atoms with van der Waals surface area (Å²) in [4.78, 5) is 12.0. The Bertz CT molecular complexity index is 305. The third kappa shape index (κ3) is 4.27. The molecule has 20 heavy (non-hydrogen) atoms. The number of fused-ring (bicyclic) bond motifs is 1. The second kappa shape index (κ2) is 8.11. The number of epoxide rings is 1. The van der Waals surface area contributed by atoms with E-state index < -0.39 is 0 Å². The predicted octanol–water partition coefficient (Wildman–Crippen LogP) is 3.23. The van der Waals surface area contributed by atoms with Crippen molar-refractivity contribution in [3.8, 4) is 0 Å². The molecular weight excluding hydrogens is 256 g/mol. The smallest absolute Gasteiger partial charge is 0.193 e. The third-order valence-electron chi connectivity index (χ3n) is 4.24. The van der Waals surface area contributed by atoms with Crippen LogP contribution in [0.1, 0.15) is 64.7 Å². The maximum absolute atomic E-state index is 12.0. The molecule has 4 heteroatoms. The zero-order valence-corrected chi connectivity index (χ0v) is 12.8. The van der Waals surface area contributed by atoms with Gasteiger partial charge in [0.25, 0.3) is 0 Å². The molecule has 2 fully saturated rings. The lowest BCUT2D eigenvalue weighted by Gasteiger charge is -2.25. The summed E-state index contributed by atoms with van der Waals surface area (Å²) in [6.07, 6.45) is 9.90. The van der Waals surface area contributed by atoms with Gasteiger partial charge in [0.15, 0.2) is 18.2 Å². The van der Waals surface area contributed by atoms with Crippen molar-refractivity contribution < 1.29 is 19.0 Å². The summed E-state index contributed by atoms with van der Waals surface area (Å²) in [7, 11) is 1.60. The van der Waals surface area contributed by atoms with Crippen LogP contribution < -0.4 is 0 Å². The van der Waals surface area contributed by atoms with E-state index in [2.05, 4.69) is 6.92 Å². The SMILES string of the molecule is CCCCCCCCCCC1OC(OC)C2OC2C1=O. The zero-order chi connectivity index (χ0) is 14.4. The standard InChI is InChI=1S/C16H28O4/c1-3-4-5-6-7-8-9-10-11-12-13(17)14-15(20-14)16(18-2)19-12/h12,14-16H,3-11H2,1-2H3. The molecule has 0 aliphatic carbocycles. The largest absolute Gasteiger partial charge is 0.356 e. The molecule has 4 unspecified atom stereocenters. The Labute approximate surface area is 122 Å². The molecule has 4 atom stereocenters. The number of carbonyl (C=O) groups is 1. The first kappa shape index (κ1) is 15.9. The fraction of sp³-hybridized carbons (Fsp3) is 0.938. The highest BCUT2D eigenvalue weighted by molar-refractivity contribution is 5.90. The van der Waals surface area contributed by atoms with E-state index in [1.54, 1.807) is 7.11 Å². The Morgan fingerprint density at radius 2 is 1.65 bits per heavy atom. The summed E-state index contributed by atoms with van der Waals surface area (Å²) in [6.45, 7) is 2.24. The Morgan fingerprint density at radius 3 is 2.30 bits per heavy atom. The number of methoxy groups -OCH3 is 1. The van der Waals surface area contributed by atoms with Crippen LogP contribution in [0.5, 0.6) is 0 Å². The van der Waals surface area contributed by atoms with Crippen LogP contribution in [-0.4, -0.2) is 37.5 Å². The number of ether oxygens (including phenoxy) is 3. The van der Waals surface area contributed by atoms with Gasteiger partial charge in [0.2, 0.25) is 0 Å². The van der Waals surface area contributed by atoms with Crippen molar-refractivity contribution in [3.63, 3.8) is 0 Å². The van der Waals surface area contributed by atoms with Gasteiger partial charge in [-0.05, 0) is 6.42 Å². The molecule has 0 spiro atoms.